The zero-order valence-electron chi connectivity index (χ0n) is 13.3. The Labute approximate surface area is 127 Å². The van der Waals surface area contributed by atoms with E-state index in [1.54, 1.807) is 0 Å². The van der Waals surface area contributed by atoms with Gasteiger partial charge in [0.05, 0.1) is 6.10 Å². The van der Waals surface area contributed by atoms with Crippen molar-refractivity contribution in [3.63, 3.8) is 0 Å². The lowest BCUT2D eigenvalue weighted by molar-refractivity contribution is 0.242. The van der Waals surface area contributed by atoms with E-state index >= 15 is 0 Å². The van der Waals surface area contributed by atoms with Gasteiger partial charge in [0, 0.05) is 30.5 Å². The van der Waals surface area contributed by atoms with Crippen LogP contribution in [0.1, 0.15) is 33.3 Å². The van der Waals surface area contributed by atoms with Gasteiger partial charge in [0.25, 0.3) is 0 Å². The standard InChI is InChI=1S/C18H24N2O/c1-13(2)20-11-15-9-17(12-19-10-15)16-5-7-18(8-6-16)21-14(3)4/h5-10,12-14,20H,11H2,1-4H3. The van der Waals surface area contributed by atoms with E-state index in [1.807, 2.05) is 38.4 Å². The van der Waals surface area contributed by atoms with Crippen LogP contribution >= 0.6 is 0 Å². The Kier molecular flexibility index (Phi) is 5.34. The Balaban J connectivity index is 2.12. The number of hydrogen-bond acceptors (Lipinski definition) is 3. The van der Waals surface area contributed by atoms with Crippen molar-refractivity contribution in [1.82, 2.24) is 10.3 Å². The van der Waals surface area contributed by atoms with Crippen LogP contribution in [0, 0.1) is 0 Å². The SMILES string of the molecule is CC(C)NCc1cncc(-c2ccc(OC(C)C)cc2)c1. The van der Waals surface area contributed by atoms with Crippen LogP contribution in [0.3, 0.4) is 0 Å². The largest absolute Gasteiger partial charge is 0.491 e. The lowest BCUT2D eigenvalue weighted by Gasteiger charge is -2.11. The number of hydrogen-bond donors (Lipinski definition) is 1. The van der Waals surface area contributed by atoms with Gasteiger partial charge in [-0.1, -0.05) is 26.0 Å². The maximum absolute atomic E-state index is 5.67. The zero-order valence-corrected chi connectivity index (χ0v) is 13.3. The molecule has 2 rings (SSSR count). The summed E-state index contributed by atoms with van der Waals surface area (Å²) in [7, 11) is 0. The molecule has 0 aliphatic heterocycles. The summed E-state index contributed by atoms with van der Waals surface area (Å²) in [6.45, 7) is 9.19. The molecule has 0 aliphatic rings. The van der Waals surface area contributed by atoms with Gasteiger partial charge in [-0.15, -0.1) is 0 Å². The zero-order chi connectivity index (χ0) is 15.2. The molecule has 1 aromatic heterocycles. The van der Waals surface area contributed by atoms with Crippen LogP contribution in [-0.2, 0) is 6.54 Å². The van der Waals surface area contributed by atoms with Gasteiger partial charge in [-0.3, -0.25) is 4.98 Å². The normalized spacial score (nSPS) is 11.1. The Bertz CT molecular complexity index is 562. The van der Waals surface area contributed by atoms with Crippen molar-refractivity contribution in [3.8, 4) is 16.9 Å². The lowest BCUT2D eigenvalue weighted by atomic mass is 10.1. The Morgan fingerprint density at radius 1 is 1.00 bits per heavy atom. The van der Waals surface area contributed by atoms with Crippen LogP contribution < -0.4 is 10.1 Å². The molecule has 0 saturated carbocycles. The summed E-state index contributed by atoms with van der Waals surface area (Å²) < 4.78 is 5.67. The summed E-state index contributed by atoms with van der Waals surface area (Å²) >= 11 is 0. The van der Waals surface area contributed by atoms with E-state index in [4.69, 9.17) is 4.74 Å². The first kappa shape index (κ1) is 15.5. The van der Waals surface area contributed by atoms with Gasteiger partial charge in [-0.2, -0.15) is 0 Å². The Morgan fingerprint density at radius 3 is 2.33 bits per heavy atom. The lowest BCUT2D eigenvalue weighted by Crippen LogP contribution is -2.21. The average Bonchev–Trinajstić information content (AvgIpc) is 2.45. The number of rotatable bonds is 6. The quantitative estimate of drug-likeness (QED) is 0.869. The van der Waals surface area contributed by atoms with Crippen LogP contribution in [0.2, 0.25) is 0 Å². The fourth-order valence-corrected chi connectivity index (χ4v) is 2.06. The predicted octanol–water partition coefficient (Wildman–Crippen LogP) is 4.03. The predicted molar refractivity (Wildman–Crippen MR) is 87.4 cm³/mol. The number of pyridine rings is 1. The van der Waals surface area contributed by atoms with Crippen LogP contribution in [0.15, 0.2) is 42.7 Å². The minimum atomic E-state index is 0.197. The molecular weight excluding hydrogens is 260 g/mol. The fraction of sp³-hybridized carbons (Fsp3) is 0.389. The first-order valence-corrected chi connectivity index (χ1v) is 7.49. The monoisotopic (exact) mass is 284 g/mol. The molecule has 21 heavy (non-hydrogen) atoms. The van der Waals surface area contributed by atoms with Crippen LogP contribution in [0.4, 0.5) is 0 Å². The van der Waals surface area contributed by atoms with Crippen molar-refractivity contribution in [3.05, 3.63) is 48.3 Å². The summed E-state index contributed by atoms with van der Waals surface area (Å²) in [6, 6.07) is 10.8. The van der Waals surface area contributed by atoms with Crippen molar-refractivity contribution in [2.24, 2.45) is 0 Å². The maximum atomic E-state index is 5.67. The molecule has 0 bridgehead atoms. The van der Waals surface area contributed by atoms with Crippen LogP contribution in [0.5, 0.6) is 5.75 Å². The molecular formula is C18H24N2O. The van der Waals surface area contributed by atoms with Gasteiger partial charge in [0.1, 0.15) is 5.75 Å². The molecule has 0 saturated heterocycles. The summed E-state index contributed by atoms with van der Waals surface area (Å²) in [5.41, 5.74) is 3.49. The molecule has 0 amide bonds. The summed E-state index contributed by atoms with van der Waals surface area (Å²) in [6.07, 6.45) is 4.01. The first-order valence-electron chi connectivity index (χ1n) is 7.49. The van der Waals surface area contributed by atoms with Gasteiger partial charge in [0.15, 0.2) is 0 Å². The number of ether oxygens (including phenoxy) is 1. The minimum Gasteiger partial charge on any atom is -0.491 e. The third kappa shape index (κ3) is 4.87. The fourth-order valence-electron chi connectivity index (χ4n) is 2.06. The van der Waals surface area contributed by atoms with Crippen molar-refractivity contribution in [2.75, 3.05) is 0 Å². The van der Waals surface area contributed by atoms with Crippen molar-refractivity contribution in [2.45, 2.75) is 46.4 Å². The van der Waals surface area contributed by atoms with E-state index in [1.165, 1.54) is 5.56 Å². The topological polar surface area (TPSA) is 34.2 Å². The molecule has 0 spiro atoms. The maximum Gasteiger partial charge on any atom is 0.119 e. The summed E-state index contributed by atoms with van der Waals surface area (Å²) in [5.74, 6) is 0.902. The van der Waals surface area contributed by atoms with Gasteiger partial charge in [-0.25, -0.2) is 0 Å². The van der Waals surface area contributed by atoms with Crippen molar-refractivity contribution < 1.29 is 4.74 Å². The highest BCUT2D eigenvalue weighted by Gasteiger charge is 2.03. The van der Waals surface area contributed by atoms with E-state index in [2.05, 4.69) is 42.3 Å². The molecule has 1 aromatic carbocycles. The highest BCUT2D eigenvalue weighted by atomic mass is 16.5. The van der Waals surface area contributed by atoms with E-state index in [0.29, 0.717) is 6.04 Å². The number of nitrogens with zero attached hydrogens (tertiary/aromatic N) is 1. The second-order valence-electron chi connectivity index (χ2n) is 5.81. The Hall–Kier alpha value is -1.87. The third-order valence-corrected chi connectivity index (χ3v) is 3.07. The smallest absolute Gasteiger partial charge is 0.119 e. The molecule has 0 unspecified atom stereocenters. The summed E-state index contributed by atoms with van der Waals surface area (Å²) in [4.78, 5) is 4.34. The van der Waals surface area contributed by atoms with Gasteiger partial charge < -0.3 is 10.1 Å². The van der Waals surface area contributed by atoms with Crippen LogP contribution in [0.25, 0.3) is 11.1 Å². The average molecular weight is 284 g/mol. The molecule has 1 heterocycles. The van der Waals surface area contributed by atoms with Crippen LogP contribution in [-0.4, -0.2) is 17.1 Å². The van der Waals surface area contributed by atoms with E-state index < -0.39 is 0 Å². The molecule has 3 heteroatoms. The molecule has 1 N–H and O–H groups in total. The molecule has 112 valence electrons. The number of aromatic nitrogens is 1. The molecule has 0 radical (unpaired) electrons. The molecule has 0 aliphatic carbocycles. The van der Waals surface area contributed by atoms with Gasteiger partial charge in [-0.05, 0) is 43.2 Å². The molecule has 2 aromatic rings. The van der Waals surface area contributed by atoms with Crippen molar-refractivity contribution >= 4 is 0 Å². The molecule has 3 nitrogen and oxygen atoms in total. The first-order chi connectivity index (χ1) is 10.0. The number of nitrogens with one attached hydrogen (secondary N) is 1. The number of benzene rings is 1. The van der Waals surface area contributed by atoms with Gasteiger partial charge >= 0.3 is 0 Å². The van der Waals surface area contributed by atoms with Gasteiger partial charge in [0.2, 0.25) is 0 Å². The second kappa shape index (κ2) is 7.23. The second-order valence-corrected chi connectivity index (χ2v) is 5.81. The van der Waals surface area contributed by atoms with E-state index in [-0.39, 0.29) is 6.10 Å². The highest BCUT2D eigenvalue weighted by molar-refractivity contribution is 5.63. The highest BCUT2D eigenvalue weighted by Crippen LogP contribution is 2.23. The van der Waals surface area contributed by atoms with Crippen molar-refractivity contribution in [1.29, 1.82) is 0 Å². The Morgan fingerprint density at radius 2 is 1.71 bits per heavy atom. The molecule has 0 atom stereocenters. The minimum absolute atomic E-state index is 0.197. The third-order valence-electron chi connectivity index (χ3n) is 3.07. The summed E-state index contributed by atoms with van der Waals surface area (Å²) in [5, 5.41) is 3.41. The van der Waals surface area contributed by atoms with E-state index in [0.717, 1.165) is 23.4 Å². The molecule has 0 fully saturated rings. The van der Waals surface area contributed by atoms with E-state index in [9.17, 15) is 0 Å².